The minimum absolute atomic E-state index is 0.0662. The molecule has 0 aromatic carbocycles. The predicted octanol–water partition coefficient (Wildman–Crippen LogP) is 10.7. The Morgan fingerprint density at radius 3 is 1.74 bits per heavy atom. The molecule has 0 aliphatic carbocycles. The summed E-state index contributed by atoms with van der Waals surface area (Å²) in [4.78, 5) is 23.3. The van der Waals surface area contributed by atoms with Crippen molar-refractivity contribution < 1.29 is 19.4 Å². The zero-order chi connectivity index (χ0) is 27.9. The topological polar surface area (TPSA) is 63.6 Å². The summed E-state index contributed by atoms with van der Waals surface area (Å²) >= 11 is 0. The highest BCUT2D eigenvalue weighted by Gasteiger charge is 2.15. The molecule has 0 bridgehead atoms. The highest BCUT2D eigenvalue weighted by molar-refractivity contribution is 5.69. The lowest BCUT2D eigenvalue weighted by molar-refractivity contribution is -0.151. The first-order chi connectivity index (χ1) is 18.6. The average molecular weight is 533 g/mol. The van der Waals surface area contributed by atoms with Gasteiger partial charge in [-0.3, -0.25) is 9.59 Å². The summed E-state index contributed by atoms with van der Waals surface area (Å²) in [6.45, 7) is 4.40. The van der Waals surface area contributed by atoms with Gasteiger partial charge in [0.2, 0.25) is 0 Å². The predicted molar refractivity (Wildman–Crippen MR) is 162 cm³/mol. The van der Waals surface area contributed by atoms with Crippen LogP contribution in [0.4, 0.5) is 0 Å². The van der Waals surface area contributed by atoms with E-state index in [1.807, 2.05) is 0 Å². The molecule has 0 aliphatic heterocycles. The van der Waals surface area contributed by atoms with Gasteiger partial charge in [0, 0.05) is 12.8 Å². The molecule has 0 amide bonds. The quantitative estimate of drug-likeness (QED) is 0.0618. The molecule has 0 aliphatic rings. The van der Waals surface area contributed by atoms with E-state index in [2.05, 4.69) is 50.3 Å². The Hall–Kier alpha value is -1.84. The molecule has 0 saturated carbocycles. The van der Waals surface area contributed by atoms with Crippen LogP contribution in [0.2, 0.25) is 0 Å². The molecule has 0 spiro atoms. The van der Waals surface area contributed by atoms with Crippen molar-refractivity contribution in [3.63, 3.8) is 0 Å². The SMILES string of the molecule is CC/C=C\C/C=C\C/C=C\CCCCCCCC(=O)OC(CCCCCCCCCCCC)CCC(=O)O. The van der Waals surface area contributed by atoms with E-state index in [9.17, 15) is 9.59 Å². The number of hydrogen-bond donors (Lipinski definition) is 1. The number of carboxylic acid groups (broad SMARTS) is 1. The van der Waals surface area contributed by atoms with Crippen LogP contribution in [0.5, 0.6) is 0 Å². The van der Waals surface area contributed by atoms with Gasteiger partial charge in [0.25, 0.3) is 0 Å². The maximum absolute atomic E-state index is 12.3. The zero-order valence-electron chi connectivity index (χ0n) is 25.0. The van der Waals surface area contributed by atoms with Crippen LogP contribution in [0.25, 0.3) is 0 Å². The number of allylic oxidation sites excluding steroid dienone is 6. The maximum atomic E-state index is 12.3. The van der Waals surface area contributed by atoms with Gasteiger partial charge >= 0.3 is 11.9 Å². The number of esters is 1. The van der Waals surface area contributed by atoms with Crippen molar-refractivity contribution in [2.45, 2.75) is 168 Å². The minimum Gasteiger partial charge on any atom is -0.481 e. The van der Waals surface area contributed by atoms with Gasteiger partial charge in [-0.25, -0.2) is 0 Å². The van der Waals surface area contributed by atoms with E-state index >= 15 is 0 Å². The zero-order valence-corrected chi connectivity index (χ0v) is 25.0. The molecular weight excluding hydrogens is 472 g/mol. The molecule has 1 N–H and O–H groups in total. The lowest BCUT2D eigenvalue weighted by Crippen LogP contribution is -2.19. The monoisotopic (exact) mass is 532 g/mol. The third kappa shape index (κ3) is 28.7. The number of ether oxygens (including phenoxy) is 1. The normalized spacial score (nSPS) is 12.7. The van der Waals surface area contributed by atoms with E-state index in [1.165, 1.54) is 64.2 Å². The first-order valence-corrected chi connectivity index (χ1v) is 16.0. The van der Waals surface area contributed by atoms with Crippen LogP contribution in [0, 0.1) is 0 Å². The fourth-order valence-corrected chi connectivity index (χ4v) is 4.54. The van der Waals surface area contributed by atoms with Crippen LogP contribution in [-0.4, -0.2) is 23.1 Å². The fourth-order valence-electron chi connectivity index (χ4n) is 4.54. The van der Waals surface area contributed by atoms with Crippen LogP contribution < -0.4 is 0 Å². The number of rotatable bonds is 28. The number of carbonyl (C=O) groups excluding carboxylic acids is 1. The Balaban J connectivity index is 3.83. The Labute approximate surface area is 235 Å². The van der Waals surface area contributed by atoms with Gasteiger partial charge in [0.05, 0.1) is 0 Å². The molecule has 0 saturated heterocycles. The van der Waals surface area contributed by atoms with Crippen LogP contribution in [0.15, 0.2) is 36.5 Å². The van der Waals surface area contributed by atoms with Crippen LogP contribution in [0.1, 0.15) is 162 Å². The molecule has 38 heavy (non-hydrogen) atoms. The van der Waals surface area contributed by atoms with E-state index in [0.717, 1.165) is 64.2 Å². The van der Waals surface area contributed by atoms with E-state index in [4.69, 9.17) is 9.84 Å². The highest BCUT2D eigenvalue weighted by Crippen LogP contribution is 2.17. The Kier molecular flexibility index (Phi) is 28.3. The smallest absolute Gasteiger partial charge is 0.306 e. The van der Waals surface area contributed by atoms with Crippen LogP contribution >= 0.6 is 0 Å². The van der Waals surface area contributed by atoms with Crippen molar-refractivity contribution >= 4 is 11.9 Å². The first kappa shape index (κ1) is 36.2. The summed E-state index contributed by atoms with van der Waals surface area (Å²) in [6, 6.07) is 0. The van der Waals surface area contributed by atoms with Gasteiger partial charge in [-0.2, -0.15) is 0 Å². The van der Waals surface area contributed by atoms with E-state index in [0.29, 0.717) is 12.8 Å². The van der Waals surface area contributed by atoms with Crippen molar-refractivity contribution in [1.29, 1.82) is 0 Å². The Bertz CT molecular complexity index is 620. The molecule has 4 heteroatoms. The van der Waals surface area contributed by atoms with Crippen molar-refractivity contribution in [3.8, 4) is 0 Å². The number of hydrogen-bond acceptors (Lipinski definition) is 3. The third-order valence-electron chi connectivity index (χ3n) is 6.89. The van der Waals surface area contributed by atoms with E-state index in [-0.39, 0.29) is 18.5 Å². The molecule has 0 aromatic rings. The summed E-state index contributed by atoms with van der Waals surface area (Å²) in [5, 5.41) is 9.04. The number of aliphatic carboxylic acids is 1. The molecule has 1 atom stereocenters. The van der Waals surface area contributed by atoms with E-state index in [1.54, 1.807) is 0 Å². The lowest BCUT2D eigenvalue weighted by Gasteiger charge is -2.17. The molecule has 220 valence electrons. The van der Waals surface area contributed by atoms with Gasteiger partial charge < -0.3 is 9.84 Å². The van der Waals surface area contributed by atoms with Gasteiger partial charge in [-0.1, -0.05) is 127 Å². The van der Waals surface area contributed by atoms with Crippen LogP contribution in [0.3, 0.4) is 0 Å². The van der Waals surface area contributed by atoms with Gasteiger partial charge in [-0.05, 0) is 57.8 Å². The molecule has 0 heterocycles. The molecule has 1 unspecified atom stereocenters. The second-order valence-corrected chi connectivity index (χ2v) is 10.6. The largest absolute Gasteiger partial charge is 0.481 e. The fraction of sp³-hybridized carbons (Fsp3) is 0.765. The number of carboxylic acids is 1. The molecule has 0 aromatic heterocycles. The molecule has 4 nitrogen and oxygen atoms in total. The Morgan fingerprint density at radius 2 is 1.13 bits per heavy atom. The highest BCUT2D eigenvalue weighted by atomic mass is 16.5. The second-order valence-electron chi connectivity index (χ2n) is 10.6. The van der Waals surface area contributed by atoms with Gasteiger partial charge in [0.15, 0.2) is 0 Å². The number of carbonyl (C=O) groups is 2. The van der Waals surface area contributed by atoms with Gasteiger partial charge in [-0.15, -0.1) is 0 Å². The van der Waals surface area contributed by atoms with Gasteiger partial charge in [0.1, 0.15) is 6.10 Å². The lowest BCUT2D eigenvalue weighted by atomic mass is 10.0. The summed E-state index contributed by atoms with van der Waals surface area (Å²) in [7, 11) is 0. The summed E-state index contributed by atoms with van der Waals surface area (Å²) in [6.07, 6.45) is 37.2. The molecular formula is C34H60O4. The summed E-state index contributed by atoms with van der Waals surface area (Å²) < 4.78 is 5.68. The molecule has 0 radical (unpaired) electrons. The van der Waals surface area contributed by atoms with Crippen LogP contribution in [-0.2, 0) is 14.3 Å². The summed E-state index contributed by atoms with van der Waals surface area (Å²) in [5.74, 6) is -0.978. The average Bonchev–Trinajstić information content (AvgIpc) is 2.90. The second kappa shape index (κ2) is 29.7. The maximum Gasteiger partial charge on any atom is 0.306 e. The third-order valence-corrected chi connectivity index (χ3v) is 6.89. The van der Waals surface area contributed by atoms with E-state index < -0.39 is 5.97 Å². The molecule has 0 rings (SSSR count). The van der Waals surface area contributed by atoms with Crippen molar-refractivity contribution in [2.24, 2.45) is 0 Å². The first-order valence-electron chi connectivity index (χ1n) is 16.0. The van der Waals surface area contributed by atoms with Crippen molar-refractivity contribution in [2.75, 3.05) is 0 Å². The number of unbranched alkanes of at least 4 members (excludes halogenated alkanes) is 14. The van der Waals surface area contributed by atoms with Crippen molar-refractivity contribution in [3.05, 3.63) is 36.5 Å². The minimum atomic E-state index is -0.819. The standard InChI is InChI=1S/C34H60O4/c1-3-5-7-9-11-13-15-16-17-18-19-21-23-25-27-29-34(37)38-32(30-31-33(35)36)28-26-24-22-20-14-12-10-8-6-4-2/h5,7,11,13,16-17,32H,3-4,6,8-10,12,14-15,18-31H2,1-2H3,(H,35,36)/b7-5-,13-11-,17-16-. The Morgan fingerprint density at radius 1 is 0.605 bits per heavy atom. The molecule has 0 fully saturated rings. The van der Waals surface area contributed by atoms with Crippen molar-refractivity contribution in [1.82, 2.24) is 0 Å². The summed E-state index contributed by atoms with van der Waals surface area (Å²) in [5.41, 5.74) is 0.